The molecule has 2 aliphatic heterocycles. The second-order valence-corrected chi connectivity index (χ2v) is 7.27. The molecule has 0 bridgehead atoms. The van der Waals surface area contributed by atoms with Crippen LogP contribution in [0.25, 0.3) is 0 Å². The monoisotopic (exact) mass is 398 g/mol. The Labute approximate surface area is 161 Å². The highest BCUT2D eigenvalue weighted by Crippen LogP contribution is 2.30. The molecule has 0 radical (unpaired) electrons. The summed E-state index contributed by atoms with van der Waals surface area (Å²) >= 11 is 0. The van der Waals surface area contributed by atoms with Crippen molar-refractivity contribution >= 4 is 12.4 Å². The van der Waals surface area contributed by atoms with Gasteiger partial charge in [0, 0.05) is 32.5 Å². The average molecular weight is 398 g/mol. The Morgan fingerprint density at radius 3 is 2.93 bits per heavy atom. The Morgan fingerprint density at radius 1 is 1.46 bits per heavy atom. The number of hydrogen-bond acceptors (Lipinski definition) is 6. The summed E-state index contributed by atoms with van der Waals surface area (Å²) < 4.78 is 40.6. The molecule has 1 fully saturated rings. The normalized spacial score (nSPS) is 23.9. The van der Waals surface area contributed by atoms with Crippen LogP contribution in [0.5, 0.6) is 0 Å². The number of nitrogens with one attached hydrogen (secondary N) is 2. The van der Waals surface area contributed by atoms with Crippen molar-refractivity contribution < 1.29 is 18.3 Å². The second-order valence-electron chi connectivity index (χ2n) is 7.27. The number of allylic oxidation sites excluding steroid dienone is 1. The molecule has 154 valence electrons. The number of aliphatic imine (C=N–C) groups is 1. The first-order valence-corrected chi connectivity index (χ1v) is 9.32. The van der Waals surface area contributed by atoms with E-state index < -0.39 is 18.3 Å². The first-order chi connectivity index (χ1) is 13.3. The molecule has 0 spiro atoms. The van der Waals surface area contributed by atoms with Crippen LogP contribution in [0, 0.1) is 17.2 Å². The molecule has 1 aromatic rings. The number of hydrogen-bond donors (Lipinski definition) is 3. The van der Waals surface area contributed by atoms with Crippen LogP contribution in [0.2, 0.25) is 0 Å². The average Bonchev–Trinajstić information content (AvgIpc) is 3.10. The summed E-state index contributed by atoms with van der Waals surface area (Å²) in [6, 6.07) is 0. The molecule has 3 rings (SSSR count). The van der Waals surface area contributed by atoms with E-state index in [-0.39, 0.29) is 24.9 Å². The molecule has 3 unspecified atom stereocenters. The van der Waals surface area contributed by atoms with Crippen molar-refractivity contribution in [1.82, 2.24) is 19.8 Å². The number of piperidine rings is 1. The fourth-order valence-corrected chi connectivity index (χ4v) is 3.52. The van der Waals surface area contributed by atoms with E-state index in [2.05, 4.69) is 20.2 Å². The van der Waals surface area contributed by atoms with Gasteiger partial charge in [-0.2, -0.15) is 13.2 Å². The highest BCUT2D eigenvalue weighted by atomic mass is 19.4. The lowest BCUT2D eigenvalue weighted by atomic mass is 9.99. The van der Waals surface area contributed by atoms with Crippen LogP contribution in [-0.4, -0.2) is 57.9 Å². The predicted molar refractivity (Wildman–Crippen MR) is 99.2 cm³/mol. The molecular weight excluding hydrogens is 373 g/mol. The molecule has 0 aliphatic carbocycles. The zero-order chi connectivity index (χ0) is 20.3. The van der Waals surface area contributed by atoms with E-state index in [1.165, 1.54) is 10.8 Å². The van der Waals surface area contributed by atoms with Crippen molar-refractivity contribution in [2.24, 2.45) is 16.8 Å². The lowest BCUT2D eigenvalue weighted by Crippen LogP contribution is -2.42. The number of aromatic nitrogens is 2. The van der Waals surface area contributed by atoms with Gasteiger partial charge in [0.05, 0.1) is 24.0 Å². The number of nitrogens with zero attached hydrogens (tertiary/aromatic N) is 4. The topological polar surface area (TPSA) is 89.5 Å². The Morgan fingerprint density at radius 2 is 2.25 bits per heavy atom. The minimum Gasteiger partial charge on any atom is -0.396 e. The SMILES string of the molecule is CC(Cn1c(C2N=CC=C(N3CCCC(CO)C3)N2)cnc1C=N)C(F)(F)F. The number of rotatable bonds is 6. The minimum atomic E-state index is -4.33. The van der Waals surface area contributed by atoms with Crippen molar-refractivity contribution in [2.45, 2.75) is 38.7 Å². The van der Waals surface area contributed by atoms with Crippen LogP contribution in [0.3, 0.4) is 0 Å². The summed E-state index contributed by atoms with van der Waals surface area (Å²) in [6.07, 6.45) is 2.90. The van der Waals surface area contributed by atoms with Crippen LogP contribution >= 0.6 is 0 Å². The molecular formula is C18H25F3N6O. The van der Waals surface area contributed by atoms with E-state index in [9.17, 15) is 18.3 Å². The highest BCUT2D eigenvalue weighted by molar-refractivity contribution is 5.74. The zero-order valence-electron chi connectivity index (χ0n) is 15.7. The standard InChI is InChI=1S/C18H25F3N6O/c1-12(18(19,20)21)9-27-14(8-24-16(27)7-22)17-23-5-4-15(25-17)26-6-2-3-13(10-26)11-28/h4-5,7-8,12-13,17,22,25,28H,2-3,6,9-11H2,1H3. The number of halogens is 3. The van der Waals surface area contributed by atoms with Gasteiger partial charge in [0.1, 0.15) is 5.82 Å². The van der Waals surface area contributed by atoms with Gasteiger partial charge in [-0.1, -0.05) is 6.92 Å². The second kappa shape index (κ2) is 8.34. The zero-order valence-corrected chi connectivity index (χ0v) is 15.7. The maximum absolute atomic E-state index is 13.1. The lowest BCUT2D eigenvalue weighted by Gasteiger charge is -2.37. The van der Waals surface area contributed by atoms with Gasteiger partial charge in [-0.05, 0) is 24.8 Å². The molecule has 0 saturated carbocycles. The largest absolute Gasteiger partial charge is 0.396 e. The molecule has 10 heteroatoms. The summed E-state index contributed by atoms with van der Waals surface area (Å²) in [7, 11) is 0. The maximum Gasteiger partial charge on any atom is 0.393 e. The summed E-state index contributed by atoms with van der Waals surface area (Å²) in [4.78, 5) is 10.6. The van der Waals surface area contributed by atoms with Gasteiger partial charge >= 0.3 is 6.18 Å². The van der Waals surface area contributed by atoms with Gasteiger partial charge in [0.2, 0.25) is 0 Å². The van der Waals surface area contributed by atoms with Crippen LogP contribution in [0.1, 0.15) is 37.4 Å². The van der Waals surface area contributed by atoms with Crippen molar-refractivity contribution in [2.75, 3.05) is 19.7 Å². The van der Waals surface area contributed by atoms with E-state index in [4.69, 9.17) is 5.41 Å². The molecule has 3 heterocycles. The summed E-state index contributed by atoms with van der Waals surface area (Å²) in [5.74, 6) is -0.380. The van der Waals surface area contributed by atoms with Gasteiger partial charge in [0.25, 0.3) is 0 Å². The third-order valence-electron chi connectivity index (χ3n) is 5.21. The molecule has 2 aliphatic rings. The number of aliphatic hydroxyl groups is 1. The van der Waals surface area contributed by atoms with Crippen molar-refractivity contribution in [1.29, 1.82) is 5.41 Å². The van der Waals surface area contributed by atoms with E-state index in [0.717, 1.165) is 38.3 Å². The van der Waals surface area contributed by atoms with Crippen molar-refractivity contribution in [3.8, 4) is 0 Å². The van der Waals surface area contributed by atoms with Gasteiger partial charge in [-0.15, -0.1) is 0 Å². The summed E-state index contributed by atoms with van der Waals surface area (Å²) in [5, 5.41) is 20.2. The third-order valence-corrected chi connectivity index (χ3v) is 5.21. The van der Waals surface area contributed by atoms with Gasteiger partial charge < -0.3 is 25.3 Å². The Kier molecular flexibility index (Phi) is 6.07. The molecule has 28 heavy (non-hydrogen) atoms. The maximum atomic E-state index is 13.1. The molecule has 0 aromatic carbocycles. The highest BCUT2D eigenvalue weighted by Gasteiger charge is 2.37. The first-order valence-electron chi connectivity index (χ1n) is 9.32. The third kappa shape index (κ3) is 4.37. The number of alkyl halides is 3. The fourth-order valence-electron chi connectivity index (χ4n) is 3.52. The smallest absolute Gasteiger partial charge is 0.393 e. The Hall–Kier alpha value is -2.36. The summed E-state index contributed by atoms with van der Waals surface area (Å²) in [6.45, 7) is 2.47. The van der Waals surface area contributed by atoms with Crippen molar-refractivity contribution in [3.63, 3.8) is 0 Å². The quantitative estimate of drug-likeness (QED) is 0.642. The van der Waals surface area contributed by atoms with Crippen LogP contribution < -0.4 is 5.32 Å². The molecule has 3 atom stereocenters. The van der Waals surface area contributed by atoms with Gasteiger partial charge in [0.15, 0.2) is 12.0 Å². The molecule has 7 nitrogen and oxygen atoms in total. The number of aliphatic hydroxyl groups excluding tert-OH is 1. The first kappa shape index (κ1) is 20.4. The molecule has 0 amide bonds. The lowest BCUT2D eigenvalue weighted by molar-refractivity contribution is -0.173. The molecule has 1 aromatic heterocycles. The summed E-state index contributed by atoms with van der Waals surface area (Å²) in [5.41, 5.74) is 0.479. The van der Waals surface area contributed by atoms with Crippen LogP contribution in [-0.2, 0) is 6.54 Å². The Balaban J connectivity index is 1.79. The van der Waals surface area contributed by atoms with E-state index in [1.807, 2.05) is 6.08 Å². The predicted octanol–water partition coefficient (Wildman–Crippen LogP) is 2.30. The van der Waals surface area contributed by atoms with E-state index >= 15 is 0 Å². The van der Waals surface area contributed by atoms with E-state index in [0.29, 0.717) is 12.2 Å². The van der Waals surface area contributed by atoms with Gasteiger partial charge in [-0.25, -0.2) is 4.98 Å². The van der Waals surface area contributed by atoms with Crippen LogP contribution in [0.4, 0.5) is 13.2 Å². The number of likely N-dealkylation sites (tertiary alicyclic amines) is 1. The number of imidazole rings is 1. The molecule has 1 saturated heterocycles. The minimum absolute atomic E-state index is 0.131. The van der Waals surface area contributed by atoms with Crippen molar-refractivity contribution in [3.05, 3.63) is 29.6 Å². The van der Waals surface area contributed by atoms with Gasteiger partial charge in [-0.3, -0.25) is 4.99 Å². The fraction of sp³-hybridized carbons (Fsp3) is 0.611. The van der Waals surface area contributed by atoms with E-state index in [1.54, 1.807) is 6.21 Å². The molecule has 3 N–H and O–H groups in total. The van der Waals surface area contributed by atoms with Crippen LogP contribution in [0.15, 0.2) is 23.1 Å². The Bertz CT molecular complexity index is 757.